The summed E-state index contributed by atoms with van der Waals surface area (Å²) in [6, 6.07) is 0. The summed E-state index contributed by atoms with van der Waals surface area (Å²) < 4.78 is 0. The van der Waals surface area contributed by atoms with Crippen LogP contribution in [-0.4, -0.2) is 29.7 Å². The quantitative estimate of drug-likeness (QED) is 0.819. The molecule has 2 N–H and O–H groups in total. The van der Waals surface area contributed by atoms with Crippen LogP contribution in [0.3, 0.4) is 0 Å². The van der Waals surface area contributed by atoms with Crippen molar-refractivity contribution in [3.05, 3.63) is 11.1 Å². The molecule has 3 nitrogen and oxygen atoms in total. The third-order valence-electron chi connectivity index (χ3n) is 2.07. The van der Waals surface area contributed by atoms with Crippen molar-refractivity contribution in [2.45, 2.75) is 12.8 Å². The van der Waals surface area contributed by atoms with Crippen LogP contribution in [0.1, 0.15) is 12.8 Å². The number of nitrogens with zero attached hydrogens (tertiary/aromatic N) is 2. The molecule has 14 heavy (non-hydrogen) atoms. The third-order valence-corrected chi connectivity index (χ3v) is 3.02. The minimum atomic E-state index is 0. The SMILES string of the molecule is Cl.Cl.NCCC1=CSC2=NCCCN12. The number of aliphatic imine (C=N–C) groups is 1. The van der Waals surface area contributed by atoms with Gasteiger partial charge in [0.15, 0.2) is 5.17 Å². The molecule has 2 aliphatic heterocycles. The van der Waals surface area contributed by atoms with Gasteiger partial charge < -0.3 is 10.6 Å². The predicted molar refractivity (Wildman–Crippen MR) is 67.5 cm³/mol. The maximum atomic E-state index is 5.51. The number of fused-ring (bicyclic) bond motifs is 1. The molecule has 0 unspecified atom stereocenters. The van der Waals surface area contributed by atoms with Crippen LogP contribution in [0.2, 0.25) is 0 Å². The fourth-order valence-corrected chi connectivity index (χ4v) is 2.47. The molecule has 0 spiro atoms. The molecule has 0 radical (unpaired) electrons. The molecule has 0 amide bonds. The summed E-state index contributed by atoms with van der Waals surface area (Å²) >= 11 is 1.73. The number of amidine groups is 1. The van der Waals surface area contributed by atoms with Gasteiger partial charge in [-0.1, -0.05) is 11.8 Å². The normalized spacial score (nSPS) is 18.8. The van der Waals surface area contributed by atoms with Crippen molar-refractivity contribution in [1.82, 2.24) is 4.90 Å². The Morgan fingerprint density at radius 1 is 1.50 bits per heavy atom. The van der Waals surface area contributed by atoms with Crippen molar-refractivity contribution in [2.75, 3.05) is 19.6 Å². The predicted octanol–water partition coefficient (Wildman–Crippen LogP) is 1.83. The minimum Gasteiger partial charge on any atom is -0.330 e. The molecule has 0 atom stereocenters. The van der Waals surface area contributed by atoms with E-state index < -0.39 is 0 Å². The van der Waals surface area contributed by atoms with Gasteiger partial charge in [0.1, 0.15) is 0 Å². The van der Waals surface area contributed by atoms with Gasteiger partial charge in [-0.05, 0) is 18.4 Å². The molecule has 0 bridgehead atoms. The Kier molecular flexibility index (Phi) is 6.61. The molecule has 2 aliphatic rings. The topological polar surface area (TPSA) is 41.6 Å². The zero-order valence-electron chi connectivity index (χ0n) is 7.81. The second-order valence-electron chi connectivity index (χ2n) is 2.94. The largest absolute Gasteiger partial charge is 0.330 e. The van der Waals surface area contributed by atoms with Gasteiger partial charge in [-0.25, -0.2) is 0 Å². The molecular weight excluding hydrogens is 241 g/mol. The Bertz CT molecular complexity index is 243. The number of halogens is 2. The van der Waals surface area contributed by atoms with E-state index in [2.05, 4.69) is 15.3 Å². The van der Waals surface area contributed by atoms with E-state index in [1.54, 1.807) is 11.8 Å². The van der Waals surface area contributed by atoms with Gasteiger partial charge in [0.25, 0.3) is 0 Å². The molecule has 0 fully saturated rings. The molecule has 0 aromatic rings. The van der Waals surface area contributed by atoms with Crippen LogP contribution in [0.15, 0.2) is 16.1 Å². The van der Waals surface area contributed by atoms with E-state index in [1.807, 2.05) is 0 Å². The number of rotatable bonds is 2. The van der Waals surface area contributed by atoms with Crippen molar-refractivity contribution < 1.29 is 0 Å². The van der Waals surface area contributed by atoms with E-state index >= 15 is 0 Å². The van der Waals surface area contributed by atoms with E-state index in [4.69, 9.17) is 5.73 Å². The summed E-state index contributed by atoms with van der Waals surface area (Å²) in [5.41, 5.74) is 6.86. The lowest BCUT2D eigenvalue weighted by Gasteiger charge is -2.24. The first-order valence-corrected chi connectivity index (χ1v) is 5.17. The molecule has 2 rings (SSSR count). The number of hydrogen-bond donors (Lipinski definition) is 1. The van der Waals surface area contributed by atoms with E-state index in [1.165, 1.54) is 17.3 Å². The lowest BCUT2D eigenvalue weighted by Crippen LogP contribution is -2.30. The Balaban J connectivity index is 0.000000845. The van der Waals surface area contributed by atoms with Crippen LogP contribution in [0.25, 0.3) is 0 Å². The molecule has 82 valence electrons. The zero-order valence-corrected chi connectivity index (χ0v) is 10.3. The smallest absolute Gasteiger partial charge is 0.167 e. The van der Waals surface area contributed by atoms with Crippen LogP contribution in [0.5, 0.6) is 0 Å². The Morgan fingerprint density at radius 3 is 3.00 bits per heavy atom. The van der Waals surface area contributed by atoms with Crippen LogP contribution < -0.4 is 5.73 Å². The van der Waals surface area contributed by atoms with Crippen LogP contribution in [-0.2, 0) is 0 Å². The molecule has 0 aromatic carbocycles. The minimum absolute atomic E-state index is 0. The van der Waals surface area contributed by atoms with Gasteiger partial charge in [-0.2, -0.15) is 0 Å². The summed E-state index contributed by atoms with van der Waals surface area (Å²) in [5.74, 6) is 0. The first-order valence-electron chi connectivity index (χ1n) is 4.29. The van der Waals surface area contributed by atoms with E-state index in [-0.39, 0.29) is 24.8 Å². The molecule has 0 aliphatic carbocycles. The highest BCUT2D eigenvalue weighted by atomic mass is 35.5. The van der Waals surface area contributed by atoms with Crippen LogP contribution in [0, 0.1) is 0 Å². The van der Waals surface area contributed by atoms with Crippen molar-refractivity contribution in [3.8, 4) is 0 Å². The maximum absolute atomic E-state index is 5.51. The summed E-state index contributed by atoms with van der Waals surface area (Å²) in [5, 5.41) is 3.35. The Hall–Kier alpha value is 0.1000. The molecule has 0 aromatic heterocycles. The van der Waals surface area contributed by atoms with Gasteiger partial charge in [0.2, 0.25) is 0 Å². The van der Waals surface area contributed by atoms with Crippen molar-refractivity contribution in [2.24, 2.45) is 10.7 Å². The average Bonchev–Trinajstić information content (AvgIpc) is 2.50. The molecule has 0 saturated carbocycles. The average molecular weight is 256 g/mol. The van der Waals surface area contributed by atoms with E-state index in [9.17, 15) is 0 Å². The second kappa shape index (κ2) is 6.56. The van der Waals surface area contributed by atoms with Gasteiger partial charge >= 0.3 is 0 Å². The maximum Gasteiger partial charge on any atom is 0.167 e. The van der Waals surface area contributed by atoms with Crippen LogP contribution in [0.4, 0.5) is 0 Å². The van der Waals surface area contributed by atoms with Gasteiger partial charge in [0.05, 0.1) is 0 Å². The van der Waals surface area contributed by atoms with Crippen molar-refractivity contribution in [1.29, 1.82) is 0 Å². The lowest BCUT2D eigenvalue weighted by molar-refractivity contribution is 0.472. The molecule has 2 heterocycles. The monoisotopic (exact) mass is 255 g/mol. The number of thioether (sulfide) groups is 1. The lowest BCUT2D eigenvalue weighted by atomic mass is 10.2. The Morgan fingerprint density at radius 2 is 2.29 bits per heavy atom. The van der Waals surface area contributed by atoms with Crippen molar-refractivity contribution >= 4 is 41.7 Å². The fraction of sp³-hybridized carbons (Fsp3) is 0.625. The van der Waals surface area contributed by atoms with Gasteiger partial charge in [-0.3, -0.25) is 4.99 Å². The molecular formula is C8H15Cl2N3S. The summed E-state index contributed by atoms with van der Waals surface area (Å²) in [4.78, 5) is 6.73. The standard InChI is InChI=1S/C8H13N3S.2ClH/c9-3-2-7-6-12-8-10-4-1-5-11(7)8;;/h6H,1-5,9H2;2*1H. The first-order chi connectivity index (χ1) is 5.92. The number of hydrogen-bond acceptors (Lipinski definition) is 4. The third kappa shape index (κ3) is 2.79. The van der Waals surface area contributed by atoms with Crippen molar-refractivity contribution in [3.63, 3.8) is 0 Å². The summed E-state index contributed by atoms with van der Waals surface area (Å²) in [6.07, 6.45) is 2.15. The fourth-order valence-electron chi connectivity index (χ4n) is 1.48. The number of nitrogens with two attached hydrogens (primary N) is 1. The van der Waals surface area contributed by atoms with Crippen LogP contribution >= 0.6 is 36.6 Å². The highest BCUT2D eigenvalue weighted by molar-refractivity contribution is 8.16. The summed E-state index contributed by atoms with van der Waals surface area (Å²) in [7, 11) is 0. The first kappa shape index (κ1) is 14.1. The highest BCUT2D eigenvalue weighted by Crippen LogP contribution is 2.29. The second-order valence-corrected chi connectivity index (χ2v) is 3.77. The van der Waals surface area contributed by atoms with E-state index in [0.29, 0.717) is 0 Å². The van der Waals surface area contributed by atoms with E-state index in [0.717, 1.165) is 26.1 Å². The summed E-state index contributed by atoms with van der Waals surface area (Å²) in [6.45, 7) is 2.84. The van der Waals surface area contributed by atoms with Gasteiger partial charge in [0, 0.05) is 25.2 Å². The zero-order chi connectivity index (χ0) is 8.39. The Labute approximate surface area is 101 Å². The van der Waals surface area contributed by atoms with Gasteiger partial charge in [-0.15, -0.1) is 24.8 Å². The molecule has 6 heteroatoms. The highest BCUT2D eigenvalue weighted by Gasteiger charge is 2.23. The molecule has 0 saturated heterocycles.